The van der Waals surface area contributed by atoms with E-state index in [-0.39, 0.29) is 5.92 Å². The lowest BCUT2D eigenvalue weighted by molar-refractivity contribution is -0.00554. The number of hydrogen-bond acceptors (Lipinski definition) is 4. The fraction of sp³-hybridized carbons (Fsp3) is 0.368. The van der Waals surface area contributed by atoms with Crippen LogP contribution in [0, 0.1) is 13.8 Å². The van der Waals surface area contributed by atoms with Crippen molar-refractivity contribution < 1.29 is 9.84 Å². The van der Waals surface area contributed by atoms with Gasteiger partial charge in [0, 0.05) is 50.7 Å². The van der Waals surface area contributed by atoms with Crippen molar-refractivity contribution in [1.82, 2.24) is 4.90 Å². The molecule has 1 heterocycles. The Labute approximate surface area is 252 Å². The van der Waals surface area contributed by atoms with Gasteiger partial charge in [-0.15, -0.1) is 0 Å². The SMILES string of the molecule is CCCCOc1ccc(C(O)(Cc2ccccc2)C(CN2CCN(c3cc(C)ccc3C)CC2)c2ccccc2)cc1. The van der Waals surface area contributed by atoms with Crippen LogP contribution in [0.2, 0.25) is 0 Å². The van der Waals surface area contributed by atoms with Gasteiger partial charge in [-0.2, -0.15) is 0 Å². The first-order valence-corrected chi connectivity index (χ1v) is 15.6. The summed E-state index contributed by atoms with van der Waals surface area (Å²) in [4.78, 5) is 5.06. The van der Waals surface area contributed by atoms with Crippen LogP contribution in [-0.4, -0.2) is 49.3 Å². The summed E-state index contributed by atoms with van der Waals surface area (Å²) < 4.78 is 5.97. The average molecular weight is 563 g/mol. The predicted molar refractivity (Wildman–Crippen MR) is 175 cm³/mol. The van der Waals surface area contributed by atoms with E-state index in [0.29, 0.717) is 13.0 Å². The smallest absolute Gasteiger partial charge is 0.119 e. The third kappa shape index (κ3) is 7.24. The molecule has 4 aromatic rings. The van der Waals surface area contributed by atoms with Crippen LogP contribution in [0.4, 0.5) is 5.69 Å². The number of unbranched alkanes of at least 4 members (excludes halogenated alkanes) is 1. The molecule has 1 saturated heterocycles. The molecule has 4 nitrogen and oxygen atoms in total. The zero-order valence-electron chi connectivity index (χ0n) is 25.5. The first-order chi connectivity index (χ1) is 20.5. The summed E-state index contributed by atoms with van der Waals surface area (Å²) in [6.45, 7) is 11.9. The second-order valence-electron chi connectivity index (χ2n) is 11.9. The summed E-state index contributed by atoms with van der Waals surface area (Å²) in [6, 6.07) is 35.9. The van der Waals surface area contributed by atoms with Gasteiger partial charge in [0.05, 0.1) is 6.61 Å². The second-order valence-corrected chi connectivity index (χ2v) is 11.9. The summed E-state index contributed by atoms with van der Waals surface area (Å²) in [5, 5.41) is 12.9. The molecule has 1 N–H and O–H groups in total. The van der Waals surface area contributed by atoms with Gasteiger partial charge >= 0.3 is 0 Å². The van der Waals surface area contributed by atoms with E-state index in [1.807, 2.05) is 18.2 Å². The van der Waals surface area contributed by atoms with Gasteiger partial charge in [0.1, 0.15) is 11.4 Å². The number of ether oxygens (including phenoxy) is 1. The molecule has 220 valence electrons. The molecule has 1 aliphatic heterocycles. The highest BCUT2D eigenvalue weighted by atomic mass is 16.5. The second kappa shape index (κ2) is 14.0. The van der Waals surface area contributed by atoms with Crippen molar-refractivity contribution in [3.8, 4) is 5.75 Å². The van der Waals surface area contributed by atoms with Crippen molar-refractivity contribution >= 4 is 5.69 Å². The fourth-order valence-electron chi connectivity index (χ4n) is 6.21. The van der Waals surface area contributed by atoms with Crippen LogP contribution in [-0.2, 0) is 12.0 Å². The number of anilines is 1. The summed E-state index contributed by atoms with van der Waals surface area (Å²) in [5.74, 6) is 0.742. The van der Waals surface area contributed by atoms with Crippen molar-refractivity contribution in [3.05, 3.63) is 131 Å². The third-order valence-electron chi connectivity index (χ3n) is 8.73. The van der Waals surface area contributed by atoms with Gasteiger partial charge in [0.2, 0.25) is 0 Å². The van der Waals surface area contributed by atoms with Crippen LogP contribution in [0.5, 0.6) is 5.75 Å². The summed E-state index contributed by atoms with van der Waals surface area (Å²) in [7, 11) is 0. The van der Waals surface area contributed by atoms with Gasteiger partial charge in [-0.05, 0) is 66.3 Å². The Morgan fingerprint density at radius 2 is 1.48 bits per heavy atom. The maximum Gasteiger partial charge on any atom is 0.119 e. The summed E-state index contributed by atoms with van der Waals surface area (Å²) >= 11 is 0. The number of benzene rings is 4. The monoisotopic (exact) mass is 562 g/mol. The Kier molecular flexibility index (Phi) is 9.99. The van der Waals surface area contributed by atoms with Gasteiger partial charge in [-0.3, -0.25) is 4.90 Å². The van der Waals surface area contributed by atoms with Crippen LogP contribution in [0.1, 0.15) is 53.5 Å². The zero-order valence-corrected chi connectivity index (χ0v) is 25.5. The average Bonchev–Trinajstić information content (AvgIpc) is 3.02. The standard InChI is InChI=1S/C38H46N2O2/c1-4-5-26-42-35-20-18-34(19-21-35)38(41,28-32-12-8-6-9-13-32)36(33-14-10-7-11-15-33)29-39-22-24-40(25-23-39)37-27-30(2)16-17-31(37)3/h6-21,27,36,41H,4-5,22-26,28-29H2,1-3H3. The van der Waals surface area contributed by atoms with Crippen LogP contribution < -0.4 is 9.64 Å². The number of rotatable bonds is 12. The summed E-state index contributed by atoms with van der Waals surface area (Å²) in [6.07, 6.45) is 2.67. The highest BCUT2D eigenvalue weighted by Gasteiger charge is 2.41. The maximum atomic E-state index is 12.9. The molecule has 0 aliphatic carbocycles. The quantitative estimate of drug-likeness (QED) is 0.181. The van der Waals surface area contributed by atoms with E-state index in [9.17, 15) is 5.11 Å². The molecule has 5 rings (SSSR count). The number of nitrogens with zero attached hydrogens (tertiary/aromatic N) is 2. The van der Waals surface area contributed by atoms with E-state index in [2.05, 4.69) is 116 Å². The Morgan fingerprint density at radius 3 is 2.14 bits per heavy atom. The van der Waals surface area contributed by atoms with Gasteiger partial charge in [0.25, 0.3) is 0 Å². The summed E-state index contributed by atoms with van der Waals surface area (Å²) in [5.41, 5.74) is 6.09. The topological polar surface area (TPSA) is 35.9 Å². The van der Waals surface area contributed by atoms with E-state index in [1.54, 1.807) is 0 Å². The Balaban J connectivity index is 1.43. The zero-order chi connectivity index (χ0) is 29.4. The third-order valence-corrected chi connectivity index (χ3v) is 8.73. The molecule has 2 unspecified atom stereocenters. The number of piperazine rings is 1. The van der Waals surface area contributed by atoms with E-state index in [4.69, 9.17) is 4.74 Å². The van der Waals surface area contributed by atoms with Gasteiger partial charge in [-0.25, -0.2) is 0 Å². The van der Waals surface area contributed by atoms with Crippen molar-refractivity contribution in [2.24, 2.45) is 0 Å². The fourth-order valence-corrected chi connectivity index (χ4v) is 6.21. The molecule has 4 heteroatoms. The predicted octanol–water partition coefficient (Wildman–Crippen LogP) is 7.52. The number of aryl methyl sites for hydroxylation is 2. The lowest BCUT2D eigenvalue weighted by Gasteiger charge is -2.43. The maximum absolute atomic E-state index is 12.9. The molecule has 4 aromatic carbocycles. The van der Waals surface area contributed by atoms with E-state index < -0.39 is 5.60 Å². The van der Waals surface area contributed by atoms with E-state index in [0.717, 1.165) is 68.0 Å². The van der Waals surface area contributed by atoms with Gasteiger partial charge < -0.3 is 14.7 Å². The van der Waals surface area contributed by atoms with Crippen LogP contribution in [0.25, 0.3) is 0 Å². The minimum absolute atomic E-state index is 0.113. The lowest BCUT2D eigenvalue weighted by atomic mass is 9.73. The highest BCUT2D eigenvalue weighted by molar-refractivity contribution is 5.55. The molecule has 0 radical (unpaired) electrons. The molecule has 1 fully saturated rings. The number of aliphatic hydroxyl groups is 1. The molecule has 0 aromatic heterocycles. The van der Waals surface area contributed by atoms with E-state index >= 15 is 0 Å². The van der Waals surface area contributed by atoms with Crippen LogP contribution in [0.3, 0.4) is 0 Å². The van der Waals surface area contributed by atoms with Crippen molar-refractivity contribution in [2.45, 2.75) is 51.6 Å². The van der Waals surface area contributed by atoms with E-state index in [1.165, 1.54) is 16.8 Å². The Hall–Kier alpha value is -3.60. The Bertz CT molecular complexity index is 1380. The Morgan fingerprint density at radius 1 is 0.810 bits per heavy atom. The minimum atomic E-state index is -1.10. The molecular weight excluding hydrogens is 516 g/mol. The molecule has 2 atom stereocenters. The molecule has 1 aliphatic rings. The minimum Gasteiger partial charge on any atom is -0.494 e. The molecule has 0 bridgehead atoms. The highest BCUT2D eigenvalue weighted by Crippen LogP contribution is 2.41. The van der Waals surface area contributed by atoms with Crippen molar-refractivity contribution in [3.63, 3.8) is 0 Å². The molecule has 0 spiro atoms. The first-order valence-electron chi connectivity index (χ1n) is 15.6. The first kappa shape index (κ1) is 29.9. The normalized spacial score (nSPS) is 16.1. The van der Waals surface area contributed by atoms with Gasteiger partial charge in [0.15, 0.2) is 0 Å². The number of hydrogen-bond donors (Lipinski definition) is 1. The lowest BCUT2D eigenvalue weighted by Crippen LogP contribution is -2.50. The largest absolute Gasteiger partial charge is 0.494 e. The molecule has 42 heavy (non-hydrogen) atoms. The molecule has 0 amide bonds. The molecule has 0 saturated carbocycles. The van der Waals surface area contributed by atoms with Crippen molar-refractivity contribution in [2.75, 3.05) is 44.2 Å². The van der Waals surface area contributed by atoms with Gasteiger partial charge in [-0.1, -0.05) is 98.3 Å². The van der Waals surface area contributed by atoms with Crippen LogP contribution >= 0.6 is 0 Å². The van der Waals surface area contributed by atoms with Crippen molar-refractivity contribution in [1.29, 1.82) is 0 Å². The molecular formula is C38H46N2O2. The van der Waals surface area contributed by atoms with Crippen LogP contribution in [0.15, 0.2) is 103 Å².